The number of nitrogens with zero attached hydrogens (tertiary/aromatic N) is 4. The Kier molecular flexibility index (Phi) is 17.5. The first kappa shape index (κ1) is 34.9. The molecule has 1 aliphatic heterocycles. The number of allylic oxidation sites excluding steroid dienone is 1. The molecule has 0 saturated carbocycles. The molecule has 2 unspecified atom stereocenters. The molecular weight excluding hydrogens is 480 g/mol. The van der Waals surface area contributed by atoms with E-state index in [1.165, 1.54) is 14.0 Å². The number of anilines is 1. The lowest BCUT2D eigenvalue weighted by atomic mass is 9.89. The van der Waals surface area contributed by atoms with Gasteiger partial charge in [0, 0.05) is 27.2 Å². The van der Waals surface area contributed by atoms with Crippen LogP contribution in [-0.4, -0.2) is 68.0 Å². The molecule has 0 radical (unpaired) electrons. The summed E-state index contributed by atoms with van der Waals surface area (Å²) in [5, 5.41) is 1.57. The number of aldehydes is 1. The molecule has 1 aromatic rings. The van der Waals surface area contributed by atoms with Crippen LogP contribution in [0.2, 0.25) is 0 Å². The van der Waals surface area contributed by atoms with Crippen molar-refractivity contribution in [2.45, 2.75) is 67.2 Å². The third-order valence-electron chi connectivity index (χ3n) is 6.37. The Hall–Kier alpha value is -3.07. The highest BCUT2D eigenvalue weighted by molar-refractivity contribution is 5.73. The maximum Gasteiger partial charge on any atom is 0.308 e. The average molecular weight is 533 g/mol. The minimum Gasteiger partial charge on any atom is -0.469 e. The molecule has 9 nitrogen and oxygen atoms in total. The molecule has 2 rings (SSSR count). The highest BCUT2D eigenvalue weighted by Gasteiger charge is 2.34. The van der Waals surface area contributed by atoms with E-state index in [-0.39, 0.29) is 11.9 Å². The molecular formula is C29H52N6O3. The number of likely N-dealkylation sites (N-methyl/N-ethyl adjacent to an activating group) is 2. The van der Waals surface area contributed by atoms with Crippen LogP contribution in [0.1, 0.15) is 72.2 Å². The number of carbonyl (C=O) groups is 2. The number of nitrogens with two attached hydrogens (primary N) is 2. The molecule has 9 heteroatoms. The van der Waals surface area contributed by atoms with Crippen molar-refractivity contribution in [3.05, 3.63) is 41.5 Å². The summed E-state index contributed by atoms with van der Waals surface area (Å²) in [5.41, 5.74) is 10.8. The molecule has 2 atom stereocenters. The third kappa shape index (κ3) is 10.4. The summed E-state index contributed by atoms with van der Waals surface area (Å²) < 4.78 is 5.02. The molecule has 4 N–H and O–H groups in total. The predicted octanol–water partition coefficient (Wildman–Crippen LogP) is 4.19. The van der Waals surface area contributed by atoms with Crippen LogP contribution in [0.5, 0.6) is 0 Å². The predicted molar refractivity (Wildman–Crippen MR) is 158 cm³/mol. The van der Waals surface area contributed by atoms with Gasteiger partial charge in [0.15, 0.2) is 0 Å². The molecule has 0 bridgehead atoms. The first-order valence-electron chi connectivity index (χ1n) is 13.7. The number of methoxy groups -OCH3 is 1. The highest BCUT2D eigenvalue weighted by atomic mass is 16.5. The highest BCUT2D eigenvalue weighted by Crippen LogP contribution is 2.33. The van der Waals surface area contributed by atoms with Crippen LogP contribution >= 0.6 is 0 Å². The van der Waals surface area contributed by atoms with Crippen LogP contribution in [0.25, 0.3) is 5.70 Å². The summed E-state index contributed by atoms with van der Waals surface area (Å²) in [5.74, 6) is 6.24. The minimum absolute atomic E-state index is 0.0581. The second-order valence-corrected chi connectivity index (χ2v) is 8.96. The molecule has 0 amide bonds. The zero-order valence-corrected chi connectivity index (χ0v) is 25.2. The fourth-order valence-electron chi connectivity index (χ4n) is 4.48. The second-order valence-electron chi connectivity index (χ2n) is 8.96. The van der Waals surface area contributed by atoms with Crippen molar-refractivity contribution < 1.29 is 14.3 Å². The largest absolute Gasteiger partial charge is 0.469 e. The molecule has 216 valence electrons. The Morgan fingerprint density at radius 1 is 1.26 bits per heavy atom. The number of carbonyl (C=O) groups excluding carboxylic acids is 2. The maximum atomic E-state index is 12.2. The van der Waals surface area contributed by atoms with Gasteiger partial charge < -0.3 is 30.1 Å². The summed E-state index contributed by atoms with van der Waals surface area (Å²) in [7, 11) is 5.27. The quantitative estimate of drug-likeness (QED) is 0.187. The summed E-state index contributed by atoms with van der Waals surface area (Å²) in [6, 6.07) is 4.07. The number of hydrogen-bond acceptors (Lipinski definition) is 9. The Morgan fingerprint density at radius 3 is 2.39 bits per heavy atom. The summed E-state index contributed by atoms with van der Waals surface area (Å²) in [4.78, 5) is 30.3. The van der Waals surface area contributed by atoms with E-state index in [0.29, 0.717) is 18.2 Å². The van der Waals surface area contributed by atoms with Crippen LogP contribution in [-0.2, 0) is 20.7 Å². The number of aromatic nitrogens is 1. The summed E-state index contributed by atoms with van der Waals surface area (Å²) in [6.07, 6.45) is 8.41. The van der Waals surface area contributed by atoms with E-state index < -0.39 is 0 Å². The summed E-state index contributed by atoms with van der Waals surface area (Å²) in [6.45, 7) is 14.0. The monoisotopic (exact) mass is 532 g/mol. The standard InChI is InChI=1S/C25H42N6O2.C2H4O.C2H6/c1-7-10-14-29(4)17-23(30(5)27)24(26)21-11-12-22(20(9-3)28-21)31-15-13-18(16-31)19(8-2)25(32)33-6;1-2-3;1-2/h10-12,14,18-19H,7-9,13,15-17,26-27H2,1-6H3;2H,1H3;1-2H3/b14-10-,24-23-;;. The van der Waals surface area contributed by atoms with E-state index >= 15 is 0 Å². The van der Waals surface area contributed by atoms with Gasteiger partial charge in [-0.25, -0.2) is 10.8 Å². The van der Waals surface area contributed by atoms with Gasteiger partial charge in [0.1, 0.15) is 6.29 Å². The zero-order valence-electron chi connectivity index (χ0n) is 25.2. The van der Waals surface area contributed by atoms with Gasteiger partial charge in [-0.1, -0.05) is 40.7 Å². The van der Waals surface area contributed by atoms with Gasteiger partial charge in [0.25, 0.3) is 0 Å². The zero-order chi connectivity index (χ0) is 29.3. The Labute approximate surface area is 230 Å². The van der Waals surface area contributed by atoms with Crippen LogP contribution in [0.3, 0.4) is 0 Å². The lowest BCUT2D eigenvalue weighted by molar-refractivity contribution is -0.147. The van der Waals surface area contributed by atoms with Crippen molar-refractivity contribution >= 4 is 23.6 Å². The molecule has 1 aliphatic rings. The van der Waals surface area contributed by atoms with E-state index in [9.17, 15) is 4.79 Å². The number of hydrogen-bond donors (Lipinski definition) is 2. The topological polar surface area (TPSA) is 118 Å². The SMILES string of the molecule is CC.CC/C=C\N(C)C/C(=C(/N)c1ccc(N2CCC(C(CC)C(=O)OC)C2)c(CC)n1)N(C)N.CC=O. The lowest BCUT2D eigenvalue weighted by Gasteiger charge is -2.26. The van der Waals surface area contributed by atoms with Crippen LogP contribution in [0.4, 0.5) is 5.69 Å². The number of aryl methyl sites for hydroxylation is 1. The van der Waals surface area contributed by atoms with Gasteiger partial charge in [0.2, 0.25) is 0 Å². The Balaban J connectivity index is 0.00000255. The van der Waals surface area contributed by atoms with Crippen molar-refractivity contribution in [2.24, 2.45) is 23.4 Å². The van der Waals surface area contributed by atoms with Crippen molar-refractivity contribution in [3.8, 4) is 0 Å². The van der Waals surface area contributed by atoms with Gasteiger partial charge in [-0.3, -0.25) is 4.79 Å². The van der Waals surface area contributed by atoms with Crippen molar-refractivity contribution in [1.82, 2.24) is 14.9 Å². The normalized spacial score (nSPS) is 15.9. The van der Waals surface area contributed by atoms with E-state index in [1.54, 1.807) is 12.1 Å². The third-order valence-corrected chi connectivity index (χ3v) is 6.37. The van der Waals surface area contributed by atoms with Crippen LogP contribution < -0.4 is 16.5 Å². The van der Waals surface area contributed by atoms with Crippen LogP contribution in [0, 0.1) is 11.8 Å². The van der Waals surface area contributed by atoms with Gasteiger partial charge in [-0.15, -0.1) is 0 Å². The number of esters is 1. The molecule has 0 spiro atoms. The van der Waals surface area contributed by atoms with Crippen molar-refractivity contribution in [3.63, 3.8) is 0 Å². The number of hydrazine groups is 1. The first-order chi connectivity index (χ1) is 18.2. The van der Waals surface area contributed by atoms with Gasteiger partial charge in [-0.2, -0.15) is 0 Å². The molecule has 1 saturated heterocycles. The molecule has 38 heavy (non-hydrogen) atoms. The van der Waals surface area contributed by atoms with E-state index in [4.69, 9.17) is 26.1 Å². The van der Waals surface area contributed by atoms with Crippen molar-refractivity contribution in [2.75, 3.05) is 45.7 Å². The minimum atomic E-state index is -0.108. The molecule has 0 aromatic carbocycles. The fourth-order valence-corrected chi connectivity index (χ4v) is 4.48. The number of ether oxygens (including phenoxy) is 1. The molecule has 2 heterocycles. The van der Waals surface area contributed by atoms with Gasteiger partial charge in [0.05, 0.1) is 48.0 Å². The average Bonchev–Trinajstić information content (AvgIpc) is 3.41. The first-order valence-corrected chi connectivity index (χ1v) is 13.7. The summed E-state index contributed by atoms with van der Waals surface area (Å²) >= 11 is 0. The van der Waals surface area contributed by atoms with E-state index in [0.717, 1.165) is 67.8 Å². The van der Waals surface area contributed by atoms with E-state index in [2.05, 4.69) is 42.7 Å². The lowest BCUT2D eigenvalue weighted by Crippen LogP contribution is -2.33. The molecule has 1 fully saturated rings. The van der Waals surface area contributed by atoms with Crippen LogP contribution in [0.15, 0.2) is 30.1 Å². The second kappa shape index (κ2) is 19.1. The van der Waals surface area contributed by atoms with Gasteiger partial charge >= 0.3 is 5.97 Å². The smallest absolute Gasteiger partial charge is 0.308 e. The van der Waals surface area contributed by atoms with E-state index in [1.807, 2.05) is 33.2 Å². The number of pyridine rings is 1. The van der Waals surface area contributed by atoms with Crippen molar-refractivity contribution in [1.29, 1.82) is 0 Å². The molecule has 0 aliphatic carbocycles. The van der Waals surface area contributed by atoms with Gasteiger partial charge in [-0.05, 0) is 56.9 Å². The Morgan fingerprint density at radius 2 is 1.89 bits per heavy atom. The number of rotatable bonds is 11. The fraction of sp³-hybridized carbons (Fsp3) is 0.621. The molecule has 1 aromatic heterocycles. The maximum absolute atomic E-state index is 12.2. The Bertz CT molecular complexity index is 900.